The third kappa shape index (κ3) is 4.54. The Morgan fingerprint density at radius 3 is 3.00 bits per heavy atom. The number of hydrogen-bond donors (Lipinski definition) is 2. The van der Waals surface area contributed by atoms with E-state index < -0.39 is 16.1 Å². The zero-order chi connectivity index (χ0) is 12.8. The zero-order valence-electron chi connectivity index (χ0n) is 8.48. The second-order valence-electron chi connectivity index (χ2n) is 2.90. The highest BCUT2D eigenvalue weighted by Gasteiger charge is 2.16. The van der Waals surface area contributed by atoms with Crippen molar-refractivity contribution in [2.24, 2.45) is 5.73 Å². The monoisotopic (exact) mass is 291 g/mol. The van der Waals surface area contributed by atoms with Gasteiger partial charge in [0.15, 0.2) is 5.03 Å². The summed E-state index contributed by atoms with van der Waals surface area (Å²) in [5, 5.41) is 10.6. The molecule has 2 N–H and O–H groups in total. The summed E-state index contributed by atoms with van der Waals surface area (Å²) in [6.45, 7) is 0. The van der Waals surface area contributed by atoms with Crippen LogP contribution in [-0.4, -0.2) is 26.8 Å². The summed E-state index contributed by atoms with van der Waals surface area (Å²) in [5.74, 6) is 0.320. The molecule has 1 heterocycles. The largest absolute Gasteiger partial charge is 0.320 e. The smallest absolute Gasteiger partial charge is 0.302 e. The molecule has 0 aliphatic rings. The molecular formula is C8H9N3O3S3. The van der Waals surface area contributed by atoms with Crippen molar-refractivity contribution in [2.45, 2.75) is 11.1 Å². The summed E-state index contributed by atoms with van der Waals surface area (Å²) in [6.07, 6.45) is 1.47. The van der Waals surface area contributed by atoms with Crippen molar-refractivity contribution in [3.8, 4) is 0 Å². The molecule has 0 saturated heterocycles. The van der Waals surface area contributed by atoms with Crippen LogP contribution in [0.15, 0.2) is 23.4 Å². The maximum atomic E-state index is 10.8. The minimum Gasteiger partial charge on any atom is -0.320 e. The molecule has 0 saturated carbocycles. The molecule has 0 radical (unpaired) electrons. The van der Waals surface area contributed by atoms with E-state index in [0.717, 1.165) is 10.8 Å². The molecule has 1 atom stereocenters. The maximum absolute atomic E-state index is 10.8. The second kappa shape index (κ2) is 6.84. The highest BCUT2D eigenvalue weighted by molar-refractivity contribution is 8.76. The van der Waals surface area contributed by atoms with Crippen LogP contribution < -0.4 is 5.73 Å². The highest BCUT2D eigenvalue weighted by atomic mass is 33.1. The Balaban J connectivity index is 2.58. The van der Waals surface area contributed by atoms with Crippen molar-refractivity contribution in [1.29, 1.82) is 0 Å². The van der Waals surface area contributed by atoms with E-state index in [4.69, 9.17) is 5.73 Å². The van der Waals surface area contributed by atoms with Gasteiger partial charge >= 0.3 is 5.69 Å². The average Bonchev–Trinajstić information content (AvgIpc) is 2.29. The number of carbonyl (C=O) groups is 1. The SMILES string of the molecule is N[C@@H](CSSc1ncccc1[N+](=O)[O-])C(=O)S. The van der Waals surface area contributed by atoms with E-state index in [9.17, 15) is 14.9 Å². The predicted molar refractivity (Wildman–Crippen MR) is 71.2 cm³/mol. The van der Waals surface area contributed by atoms with Crippen LogP contribution in [0, 0.1) is 10.1 Å². The quantitative estimate of drug-likeness (QED) is 0.355. The molecule has 9 heteroatoms. The van der Waals surface area contributed by atoms with Crippen molar-refractivity contribution in [1.82, 2.24) is 4.98 Å². The van der Waals surface area contributed by atoms with Gasteiger partial charge in [-0.1, -0.05) is 10.8 Å². The molecule has 0 aliphatic heterocycles. The standard InChI is InChI=1S/C8H9N3O3S3/c9-5(8(12)15)4-16-17-7-6(11(13)14)2-1-3-10-7/h1-3,5H,4,9H2,(H,12,15)/t5-/m0/s1. The van der Waals surface area contributed by atoms with Crippen molar-refractivity contribution in [3.63, 3.8) is 0 Å². The molecular weight excluding hydrogens is 282 g/mol. The topological polar surface area (TPSA) is 99.1 Å². The lowest BCUT2D eigenvalue weighted by atomic mass is 10.4. The number of hydrogen-bond acceptors (Lipinski definition) is 7. The highest BCUT2D eigenvalue weighted by Crippen LogP contribution is 2.35. The molecule has 0 amide bonds. The summed E-state index contributed by atoms with van der Waals surface area (Å²) in [6, 6.07) is 2.19. The fraction of sp³-hybridized carbons (Fsp3) is 0.250. The van der Waals surface area contributed by atoms with Gasteiger partial charge in [-0.05, 0) is 16.9 Å². The van der Waals surface area contributed by atoms with Crippen LogP contribution in [0.2, 0.25) is 0 Å². The number of thiol groups is 1. The summed E-state index contributed by atoms with van der Waals surface area (Å²) < 4.78 is 0. The van der Waals surface area contributed by atoms with Gasteiger partial charge in [-0.3, -0.25) is 14.9 Å². The third-order valence-corrected chi connectivity index (χ3v) is 4.30. The molecule has 0 bridgehead atoms. The van der Waals surface area contributed by atoms with Gasteiger partial charge in [-0.15, -0.1) is 12.6 Å². The molecule has 92 valence electrons. The van der Waals surface area contributed by atoms with E-state index in [1.807, 2.05) is 0 Å². The van der Waals surface area contributed by atoms with Crippen molar-refractivity contribution >= 4 is 45.0 Å². The molecule has 6 nitrogen and oxygen atoms in total. The summed E-state index contributed by atoms with van der Waals surface area (Å²) in [7, 11) is 2.35. The van der Waals surface area contributed by atoms with Gasteiger partial charge < -0.3 is 5.73 Å². The van der Waals surface area contributed by atoms with Crippen LogP contribution >= 0.6 is 34.2 Å². The fourth-order valence-electron chi connectivity index (χ4n) is 0.820. The van der Waals surface area contributed by atoms with Gasteiger partial charge in [0.2, 0.25) is 5.12 Å². The first-order chi connectivity index (χ1) is 8.02. The van der Waals surface area contributed by atoms with E-state index in [0.29, 0.717) is 10.8 Å². The first-order valence-corrected chi connectivity index (χ1v) is 7.16. The molecule has 0 unspecified atom stereocenters. The van der Waals surface area contributed by atoms with Gasteiger partial charge in [0.25, 0.3) is 0 Å². The normalized spacial score (nSPS) is 12.1. The van der Waals surface area contributed by atoms with Crippen LogP contribution in [0.25, 0.3) is 0 Å². The number of nitrogens with zero attached hydrogens (tertiary/aromatic N) is 2. The Hall–Kier alpha value is -0.770. The zero-order valence-corrected chi connectivity index (χ0v) is 11.0. The minimum atomic E-state index is -0.682. The van der Waals surface area contributed by atoms with Crippen LogP contribution in [0.4, 0.5) is 5.69 Å². The maximum Gasteiger partial charge on any atom is 0.302 e. The van der Waals surface area contributed by atoms with E-state index >= 15 is 0 Å². The molecule has 1 aromatic rings. The Morgan fingerprint density at radius 2 is 2.41 bits per heavy atom. The van der Waals surface area contributed by atoms with Gasteiger partial charge in [0, 0.05) is 18.0 Å². The first kappa shape index (κ1) is 14.3. The molecule has 1 rings (SSSR count). The molecule has 0 aromatic carbocycles. The van der Waals surface area contributed by atoms with Gasteiger partial charge in [0.05, 0.1) is 11.0 Å². The third-order valence-electron chi connectivity index (χ3n) is 1.65. The van der Waals surface area contributed by atoms with Crippen LogP contribution in [0.5, 0.6) is 0 Å². The van der Waals surface area contributed by atoms with Gasteiger partial charge in [0.1, 0.15) is 0 Å². The Labute approximate surface area is 111 Å². The molecule has 17 heavy (non-hydrogen) atoms. The minimum absolute atomic E-state index is 0.0595. The first-order valence-electron chi connectivity index (χ1n) is 4.39. The summed E-state index contributed by atoms with van der Waals surface area (Å²) in [5.41, 5.74) is 5.40. The Bertz CT molecular complexity index is 429. The van der Waals surface area contributed by atoms with Gasteiger partial charge in [-0.2, -0.15) is 0 Å². The van der Waals surface area contributed by atoms with Crippen LogP contribution in [0.3, 0.4) is 0 Å². The Morgan fingerprint density at radius 1 is 1.71 bits per heavy atom. The average molecular weight is 291 g/mol. The van der Waals surface area contributed by atoms with Crippen molar-refractivity contribution in [2.75, 3.05) is 5.75 Å². The van der Waals surface area contributed by atoms with E-state index in [1.54, 1.807) is 0 Å². The van der Waals surface area contributed by atoms with E-state index in [1.165, 1.54) is 29.1 Å². The lowest BCUT2D eigenvalue weighted by Gasteiger charge is -2.05. The lowest BCUT2D eigenvalue weighted by Crippen LogP contribution is -2.29. The lowest BCUT2D eigenvalue weighted by molar-refractivity contribution is -0.388. The molecule has 0 fully saturated rings. The fourth-order valence-corrected chi connectivity index (χ4v) is 3.21. The molecule has 1 aromatic heterocycles. The van der Waals surface area contributed by atoms with Crippen molar-refractivity contribution < 1.29 is 9.72 Å². The van der Waals surface area contributed by atoms with Crippen LogP contribution in [-0.2, 0) is 4.79 Å². The molecule has 0 spiro atoms. The van der Waals surface area contributed by atoms with E-state index in [-0.39, 0.29) is 5.69 Å². The number of rotatable bonds is 6. The van der Waals surface area contributed by atoms with E-state index in [2.05, 4.69) is 17.6 Å². The second-order valence-corrected chi connectivity index (χ2v) is 5.67. The number of nitro groups is 1. The number of carbonyl (C=O) groups excluding carboxylic acids is 1. The number of pyridine rings is 1. The van der Waals surface area contributed by atoms with Crippen molar-refractivity contribution in [3.05, 3.63) is 28.4 Å². The number of aromatic nitrogens is 1. The van der Waals surface area contributed by atoms with Crippen LogP contribution in [0.1, 0.15) is 0 Å². The summed E-state index contributed by atoms with van der Waals surface area (Å²) >= 11 is 3.60. The molecule has 0 aliphatic carbocycles. The number of nitrogens with two attached hydrogens (primary N) is 1. The Kier molecular flexibility index (Phi) is 5.75. The predicted octanol–water partition coefficient (Wildman–Crippen LogP) is 1.51. The van der Waals surface area contributed by atoms with Gasteiger partial charge in [-0.25, -0.2) is 4.98 Å². The summed E-state index contributed by atoms with van der Waals surface area (Å²) in [4.78, 5) is 24.8.